The molecule has 0 spiro atoms. The Kier molecular flexibility index (Phi) is 4.94. The minimum absolute atomic E-state index is 0.520. The second-order valence-electron chi connectivity index (χ2n) is 4.56. The van der Waals surface area contributed by atoms with E-state index in [1.54, 1.807) is 6.33 Å². The van der Waals surface area contributed by atoms with Crippen LogP contribution in [0.3, 0.4) is 0 Å². The highest BCUT2D eigenvalue weighted by atomic mass is 16.5. The molecule has 1 aliphatic heterocycles. The third kappa shape index (κ3) is 3.78. The number of aromatic nitrogens is 3. The maximum Gasteiger partial charge on any atom is 0.152 e. The lowest BCUT2D eigenvalue weighted by molar-refractivity contribution is 0.0842. The molecule has 0 bridgehead atoms. The van der Waals surface area contributed by atoms with E-state index >= 15 is 0 Å². The average molecular weight is 238 g/mol. The zero-order valence-corrected chi connectivity index (χ0v) is 10.6. The molecule has 0 aromatic carbocycles. The van der Waals surface area contributed by atoms with Gasteiger partial charge in [0.25, 0.3) is 0 Å². The van der Waals surface area contributed by atoms with Crippen LogP contribution >= 0.6 is 0 Å². The molecule has 5 heteroatoms. The van der Waals surface area contributed by atoms with E-state index in [0.29, 0.717) is 12.6 Å². The summed E-state index contributed by atoms with van der Waals surface area (Å²) in [5, 5.41) is 7.65. The van der Waals surface area contributed by atoms with Crippen LogP contribution in [-0.2, 0) is 17.9 Å². The fourth-order valence-corrected chi connectivity index (χ4v) is 2.16. The second-order valence-corrected chi connectivity index (χ2v) is 4.56. The van der Waals surface area contributed by atoms with Crippen molar-refractivity contribution in [3.05, 3.63) is 12.2 Å². The lowest BCUT2D eigenvalue weighted by atomic mass is 10.1. The van der Waals surface area contributed by atoms with Crippen LogP contribution in [0.15, 0.2) is 6.33 Å². The van der Waals surface area contributed by atoms with Crippen molar-refractivity contribution < 1.29 is 4.74 Å². The molecule has 0 amide bonds. The molecule has 1 aliphatic rings. The van der Waals surface area contributed by atoms with Gasteiger partial charge in [0.2, 0.25) is 0 Å². The van der Waals surface area contributed by atoms with E-state index in [-0.39, 0.29) is 0 Å². The first-order valence-electron chi connectivity index (χ1n) is 6.58. The monoisotopic (exact) mass is 238 g/mol. The zero-order chi connectivity index (χ0) is 11.9. The third-order valence-corrected chi connectivity index (χ3v) is 3.09. The normalized spacial score (nSPS) is 20.6. The van der Waals surface area contributed by atoms with Crippen LogP contribution in [-0.4, -0.2) is 34.0 Å². The fourth-order valence-electron chi connectivity index (χ4n) is 2.16. The highest BCUT2D eigenvalue weighted by molar-refractivity contribution is 4.81. The summed E-state index contributed by atoms with van der Waals surface area (Å²) in [6.45, 7) is 5.52. The summed E-state index contributed by atoms with van der Waals surface area (Å²) in [7, 11) is 0. The largest absolute Gasteiger partial charge is 0.372 e. The van der Waals surface area contributed by atoms with Crippen molar-refractivity contribution in [1.29, 1.82) is 0 Å². The molecule has 0 aliphatic carbocycles. The Labute approximate surface area is 103 Å². The molecule has 1 aromatic heterocycles. The summed E-state index contributed by atoms with van der Waals surface area (Å²) in [6, 6.07) is 0.520. The number of ether oxygens (including phenoxy) is 1. The van der Waals surface area contributed by atoms with Gasteiger partial charge in [-0.1, -0.05) is 13.3 Å². The molecular weight excluding hydrogens is 216 g/mol. The van der Waals surface area contributed by atoms with E-state index in [4.69, 9.17) is 4.74 Å². The molecule has 0 saturated carbocycles. The molecule has 2 heterocycles. The van der Waals surface area contributed by atoms with Gasteiger partial charge >= 0.3 is 0 Å². The van der Waals surface area contributed by atoms with Gasteiger partial charge < -0.3 is 10.1 Å². The molecular formula is C12H22N4O. The molecule has 17 heavy (non-hydrogen) atoms. The maximum absolute atomic E-state index is 5.72. The first-order chi connectivity index (χ1) is 8.40. The highest BCUT2D eigenvalue weighted by Crippen LogP contribution is 2.08. The number of nitrogens with zero attached hydrogens (tertiary/aromatic N) is 3. The van der Waals surface area contributed by atoms with E-state index in [1.807, 2.05) is 4.68 Å². The number of hydrogen-bond donors (Lipinski definition) is 1. The summed E-state index contributed by atoms with van der Waals surface area (Å²) >= 11 is 0. The van der Waals surface area contributed by atoms with Gasteiger partial charge in [0.05, 0.1) is 6.61 Å². The van der Waals surface area contributed by atoms with Gasteiger partial charge in [-0.2, -0.15) is 5.10 Å². The van der Waals surface area contributed by atoms with Crippen molar-refractivity contribution in [1.82, 2.24) is 20.1 Å². The van der Waals surface area contributed by atoms with Gasteiger partial charge in [-0.05, 0) is 25.8 Å². The van der Waals surface area contributed by atoms with Crippen LogP contribution in [0.4, 0.5) is 0 Å². The minimum atomic E-state index is 0.520. The molecule has 1 aromatic rings. The molecule has 1 atom stereocenters. The number of piperidine rings is 1. The topological polar surface area (TPSA) is 52.0 Å². The van der Waals surface area contributed by atoms with Crippen LogP contribution in [0.1, 0.15) is 38.4 Å². The fraction of sp³-hybridized carbons (Fsp3) is 0.833. The van der Waals surface area contributed by atoms with E-state index in [0.717, 1.165) is 31.9 Å². The van der Waals surface area contributed by atoms with Gasteiger partial charge in [0.15, 0.2) is 5.82 Å². The van der Waals surface area contributed by atoms with Crippen LogP contribution < -0.4 is 5.32 Å². The van der Waals surface area contributed by atoms with Crippen molar-refractivity contribution in [2.75, 3.05) is 13.2 Å². The molecule has 1 unspecified atom stereocenters. The van der Waals surface area contributed by atoms with Crippen LogP contribution in [0.2, 0.25) is 0 Å². The molecule has 1 fully saturated rings. The summed E-state index contributed by atoms with van der Waals surface area (Å²) in [6.07, 6.45) is 6.50. The van der Waals surface area contributed by atoms with Gasteiger partial charge in [0, 0.05) is 12.6 Å². The number of rotatable bonds is 6. The Morgan fingerprint density at radius 1 is 1.53 bits per heavy atom. The Morgan fingerprint density at radius 2 is 2.47 bits per heavy atom. The van der Waals surface area contributed by atoms with E-state index in [9.17, 15) is 0 Å². The summed E-state index contributed by atoms with van der Waals surface area (Å²) in [5.41, 5.74) is 0. The van der Waals surface area contributed by atoms with Gasteiger partial charge in [-0.15, -0.1) is 0 Å². The minimum Gasteiger partial charge on any atom is -0.372 e. The second kappa shape index (κ2) is 6.71. The Balaban J connectivity index is 1.71. The van der Waals surface area contributed by atoms with Gasteiger partial charge in [-0.25, -0.2) is 9.67 Å². The van der Waals surface area contributed by atoms with Crippen LogP contribution in [0.5, 0.6) is 0 Å². The summed E-state index contributed by atoms with van der Waals surface area (Å²) in [5.74, 6) is 0.933. The van der Waals surface area contributed by atoms with Crippen molar-refractivity contribution in [3.8, 4) is 0 Å². The van der Waals surface area contributed by atoms with E-state index in [1.165, 1.54) is 19.3 Å². The van der Waals surface area contributed by atoms with Crippen molar-refractivity contribution in [3.63, 3.8) is 0 Å². The van der Waals surface area contributed by atoms with Gasteiger partial charge in [0.1, 0.15) is 12.9 Å². The molecule has 0 radical (unpaired) electrons. The summed E-state index contributed by atoms with van der Waals surface area (Å²) in [4.78, 5) is 4.22. The average Bonchev–Trinajstić information content (AvgIpc) is 2.79. The first kappa shape index (κ1) is 12.5. The zero-order valence-electron chi connectivity index (χ0n) is 10.6. The Morgan fingerprint density at radius 3 is 3.24 bits per heavy atom. The molecule has 1 saturated heterocycles. The lowest BCUT2D eigenvalue weighted by Crippen LogP contribution is -2.37. The smallest absolute Gasteiger partial charge is 0.152 e. The molecule has 1 N–H and O–H groups in total. The first-order valence-corrected chi connectivity index (χ1v) is 6.58. The van der Waals surface area contributed by atoms with Gasteiger partial charge in [-0.3, -0.25) is 0 Å². The van der Waals surface area contributed by atoms with Crippen molar-refractivity contribution in [2.45, 2.75) is 51.8 Å². The standard InChI is InChI=1S/C12H22N4O/c1-2-7-16-12(14-10-15-16)9-17-8-11-5-3-4-6-13-11/h10-11,13H,2-9H2,1H3. The Hall–Kier alpha value is -0.940. The molecule has 96 valence electrons. The SMILES string of the molecule is CCCn1ncnc1COCC1CCCCN1. The predicted molar refractivity (Wildman–Crippen MR) is 65.6 cm³/mol. The number of aryl methyl sites for hydroxylation is 1. The molecule has 5 nitrogen and oxygen atoms in total. The molecule has 2 rings (SSSR count). The quantitative estimate of drug-likeness (QED) is 0.812. The van der Waals surface area contributed by atoms with Crippen LogP contribution in [0, 0.1) is 0 Å². The highest BCUT2D eigenvalue weighted by Gasteiger charge is 2.13. The van der Waals surface area contributed by atoms with E-state index < -0.39 is 0 Å². The van der Waals surface area contributed by atoms with Crippen molar-refractivity contribution >= 4 is 0 Å². The summed E-state index contributed by atoms with van der Waals surface area (Å²) < 4.78 is 7.64. The Bertz CT molecular complexity index is 320. The third-order valence-electron chi connectivity index (χ3n) is 3.09. The predicted octanol–water partition coefficient (Wildman–Crippen LogP) is 1.35. The maximum atomic E-state index is 5.72. The van der Waals surface area contributed by atoms with E-state index in [2.05, 4.69) is 22.3 Å². The lowest BCUT2D eigenvalue weighted by Gasteiger charge is -2.23. The number of nitrogens with one attached hydrogen (secondary N) is 1. The number of hydrogen-bond acceptors (Lipinski definition) is 4. The van der Waals surface area contributed by atoms with Crippen LogP contribution in [0.25, 0.3) is 0 Å². The van der Waals surface area contributed by atoms with Crippen molar-refractivity contribution in [2.24, 2.45) is 0 Å².